The summed E-state index contributed by atoms with van der Waals surface area (Å²) in [6.07, 6.45) is 0. The number of amides is 1. The first-order valence-electron chi connectivity index (χ1n) is 8.24. The lowest BCUT2D eigenvalue weighted by Gasteiger charge is -2.19. The zero-order chi connectivity index (χ0) is 18.8. The number of nitrogens with one attached hydrogen (secondary N) is 2. The van der Waals surface area contributed by atoms with Crippen molar-refractivity contribution >= 4 is 16.8 Å². The summed E-state index contributed by atoms with van der Waals surface area (Å²) in [5, 5.41) is 3.61. The van der Waals surface area contributed by atoms with Gasteiger partial charge in [0.25, 0.3) is 5.91 Å². The predicted octanol–water partition coefficient (Wildman–Crippen LogP) is 4.12. The second-order valence-corrected chi connectivity index (χ2v) is 6.17. The Kier molecular flexibility index (Phi) is 4.84. The van der Waals surface area contributed by atoms with Crippen molar-refractivity contribution in [1.29, 1.82) is 0 Å². The van der Waals surface area contributed by atoms with Crippen LogP contribution in [0.5, 0.6) is 11.5 Å². The Morgan fingerprint density at radius 3 is 2.50 bits per heavy atom. The number of aromatic nitrogens is 1. The number of benzene rings is 2. The Morgan fingerprint density at radius 2 is 1.81 bits per heavy atom. The van der Waals surface area contributed by atoms with Gasteiger partial charge in [-0.2, -0.15) is 0 Å². The highest BCUT2D eigenvalue weighted by atomic mass is 19.1. The minimum atomic E-state index is -0.335. The number of aryl methyl sites for hydroxylation is 1. The molecule has 0 saturated heterocycles. The summed E-state index contributed by atoms with van der Waals surface area (Å²) in [6.45, 7) is 3.85. The van der Waals surface area contributed by atoms with E-state index in [9.17, 15) is 9.18 Å². The largest absolute Gasteiger partial charge is 0.493 e. The third kappa shape index (κ3) is 3.35. The molecule has 0 aliphatic heterocycles. The van der Waals surface area contributed by atoms with Crippen LogP contribution in [0.15, 0.2) is 36.4 Å². The topological polar surface area (TPSA) is 63.3 Å². The fourth-order valence-electron chi connectivity index (χ4n) is 3.04. The number of H-pyrrole nitrogens is 1. The average Bonchev–Trinajstić information content (AvgIpc) is 3.04. The van der Waals surface area contributed by atoms with Crippen molar-refractivity contribution in [2.24, 2.45) is 0 Å². The number of rotatable bonds is 5. The Hall–Kier alpha value is -3.02. The van der Waals surface area contributed by atoms with Crippen molar-refractivity contribution < 1.29 is 18.7 Å². The van der Waals surface area contributed by atoms with Crippen LogP contribution in [0.25, 0.3) is 10.9 Å². The molecule has 1 atom stereocenters. The molecule has 2 N–H and O–H groups in total. The highest BCUT2D eigenvalue weighted by molar-refractivity contribution is 5.98. The predicted molar refractivity (Wildman–Crippen MR) is 98.4 cm³/mol. The van der Waals surface area contributed by atoms with Crippen LogP contribution in [0.4, 0.5) is 4.39 Å². The molecule has 26 heavy (non-hydrogen) atoms. The average molecular weight is 356 g/mol. The van der Waals surface area contributed by atoms with Crippen LogP contribution in [0, 0.1) is 12.7 Å². The molecule has 1 heterocycles. The number of methoxy groups -OCH3 is 2. The lowest BCUT2D eigenvalue weighted by atomic mass is 10.0. The summed E-state index contributed by atoms with van der Waals surface area (Å²) in [4.78, 5) is 15.6. The molecule has 3 rings (SSSR count). The Bertz CT molecular complexity index is 965. The molecule has 2 aromatic carbocycles. The van der Waals surface area contributed by atoms with E-state index in [1.807, 2.05) is 26.0 Å². The summed E-state index contributed by atoms with van der Waals surface area (Å²) in [5.41, 5.74) is 3.01. The van der Waals surface area contributed by atoms with Gasteiger partial charge in [0.05, 0.1) is 20.3 Å². The highest BCUT2D eigenvalue weighted by Crippen LogP contribution is 2.33. The Morgan fingerprint density at radius 1 is 1.12 bits per heavy atom. The van der Waals surface area contributed by atoms with Crippen molar-refractivity contribution in [3.8, 4) is 11.5 Å². The van der Waals surface area contributed by atoms with Gasteiger partial charge >= 0.3 is 0 Å². The van der Waals surface area contributed by atoms with Gasteiger partial charge in [0.1, 0.15) is 11.5 Å². The van der Waals surface area contributed by atoms with Crippen LogP contribution < -0.4 is 14.8 Å². The van der Waals surface area contributed by atoms with Crippen LogP contribution in [0.1, 0.15) is 34.6 Å². The van der Waals surface area contributed by atoms with Gasteiger partial charge in [0.15, 0.2) is 11.5 Å². The maximum atomic E-state index is 13.3. The SMILES string of the molecule is COc1cc(C)c(C(C)NC(=O)c2cc3cc(F)ccc3[nH]2)cc1OC. The first-order chi connectivity index (χ1) is 12.4. The first-order valence-corrected chi connectivity index (χ1v) is 8.24. The fraction of sp³-hybridized carbons (Fsp3) is 0.250. The monoisotopic (exact) mass is 356 g/mol. The smallest absolute Gasteiger partial charge is 0.268 e. The number of halogens is 1. The van der Waals surface area contributed by atoms with E-state index in [0.717, 1.165) is 11.1 Å². The zero-order valence-electron chi connectivity index (χ0n) is 15.1. The van der Waals surface area contributed by atoms with Crippen LogP contribution in [-0.4, -0.2) is 25.1 Å². The maximum absolute atomic E-state index is 13.3. The minimum absolute atomic E-state index is 0.245. The number of ether oxygens (including phenoxy) is 2. The van der Waals surface area contributed by atoms with Gasteiger partial charge in [-0.15, -0.1) is 0 Å². The third-order valence-electron chi connectivity index (χ3n) is 4.41. The number of aromatic amines is 1. The molecule has 136 valence electrons. The molecule has 0 saturated carbocycles. The maximum Gasteiger partial charge on any atom is 0.268 e. The molecule has 6 heteroatoms. The van der Waals surface area contributed by atoms with Crippen molar-refractivity contribution in [1.82, 2.24) is 10.3 Å². The van der Waals surface area contributed by atoms with E-state index in [0.29, 0.717) is 28.1 Å². The van der Waals surface area contributed by atoms with E-state index in [1.54, 1.807) is 26.4 Å². The second kappa shape index (κ2) is 7.07. The van der Waals surface area contributed by atoms with Gasteiger partial charge in [-0.25, -0.2) is 4.39 Å². The van der Waals surface area contributed by atoms with Gasteiger partial charge in [-0.05, 0) is 61.4 Å². The number of carbonyl (C=O) groups is 1. The number of hydrogen-bond donors (Lipinski definition) is 2. The molecule has 0 bridgehead atoms. The van der Waals surface area contributed by atoms with Crippen LogP contribution in [-0.2, 0) is 0 Å². The number of carbonyl (C=O) groups excluding carboxylic acids is 1. The van der Waals surface area contributed by atoms with Gasteiger partial charge in [0, 0.05) is 10.9 Å². The summed E-state index contributed by atoms with van der Waals surface area (Å²) < 4.78 is 24.0. The van der Waals surface area contributed by atoms with E-state index in [1.165, 1.54) is 12.1 Å². The molecule has 0 spiro atoms. The second-order valence-electron chi connectivity index (χ2n) is 6.17. The van der Waals surface area contributed by atoms with Gasteiger partial charge in [-0.3, -0.25) is 4.79 Å². The molecule has 0 radical (unpaired) electrons. The molecule has 1 amide bonds. The van der Waals surface area contributed by atoms with Crippen LogP contribution in [0.3, 0.4) is 0 Å². The van der Waals surface area contributed by atoms with E-state index < -0.39 is 0 Å². The Balaban J connectivity index is 1.84. The molecule has 1 unspecified atom stereocenters. The van der Waals surface area contributed by atoms with Crippen molar-refractivity contribution in [2.75, 3.05) is 14.2 Å². The molecule has 0 aliphatic rings. The van der Waals surface area contributed by atoms with E-state index in [-0.39, 0.29) is 17.8 Å². The standard InChI is InChI=1S/C20H21FN2O3/c1-11-7-18(25-3)19(26-4)10-15(11)12(2)22-20(24)17-9-13-8-14(21)5-6-16(13)23-17/h5-10,12,23H,1-4H3,(H,22,24). The summed E-state index contributed by atoms with van der Waals surface area (Å²) in [5.74, 6) is 0.654. The van der Waals surface area contributed by atoms with Crippen molar-refractivity contribution in [3.05, 3.63) is 59.0 Å². The van der Waals surface area contributed by atoms with E-state index in [2.05, 4.69) is 10.3 Å². The normalized spacial score (nSPS) is 12.0. The summed E-state index contributed by atoms with van der Waals surface area (Å²) in [6, 6.07) is 9.50. The van der Waals surface area contributed by atoms with Gasteiger partial charge in [0.2, 0.25) is 0 Å². The molecule has 3 aromatic rings. The van der Waals surface area contributed by atoms with Crippen molar-refractivity contribution in [2.45, 2.75) is 19.9 Å². The van der Waals surface area contributed by atoms with E-state index >= 15 is 0 Å². The molecular formula is C20H21FN2O3. The highest BCUT2D eigenvalue weighted by Gasteiger charge is 2.17. The van der Waals surface area contributed by atoms with Gasteiger partial charge in [-0.1, -0.05) is 0 Å². The summed E-state index contributed by atoms with van der Waals surface area (Å²) >= 11 is 0. The molecule has 5 nitrogen and oxygen atoms in total. The lowest BCUT2D eigenvalue weighted by Crippen LogP contribution is -2.27. The molecule has 0 aliphatic carbocycles. The molecule has 1 aromatic heterocycles. The van der Waals surface area contributed by atoms with E-state index in [4.69, 9.17) is 9.47 Å². The summed E-state index contributed by atoms with van der Waals surface area (Å²) in [7, 11) is 3.16. The number of fused-ring (bicyclic) bond motifs is 1. The van der Waals surface area contributed by atoms with Crippen molar-refractivity contribution in [3.63, 3.8) is 0 Å². The van der Waals surface area contributed by atoms with Gasteiger partial charge < -0.3 is 19.8 Å². The van der Waals surface area contributed by atoms with Crippen LogP contribution >= 0.6 is 0 Å². The lowest BCUT2D eigenvalue weighted by molar-refractivity contribution is 0.0935. The van der Waals surface area contributed by atoms with Crippen LogP contribution in [0.2, 0.25) is 0 Å². The fourth-order valence-corrected chi connectivity index (χ4v) is 3.04. The zero-order valence-corrected chi connectivity index (χ0v) is 15.1. The first kappa shape index (κ1) is 17.8. The third-order valence-corrected chi connectivity index (χ3v) is 4.41. The minimum Gasteiger partial charge on any atom is -0.493 e. The molecular weight excluding hydrogens is 335 g/mol. The quantitative estimate of drug-likeness (QED) is 0.723. The number of hydrogen-bond acceptors (Lipinski definition) is 3. The molecule has 0 fully saturated rings. The Labute approximate surface area is 151 Å².